The van der Waals surface area contributed by atoms with Crippen LogP contribution < -0.4 is 14.7 Å². The average molecular weight is 393 g/mol. The van der Waals surface area contributed by atoms with E-state index in [0.717, 1.165) is 73.8 Å². The van der Waals surface area contributed by atoms with Crippen LogP contribution >= 0.6 is 0 Å². The summed E-state index contributed by atoms with van der Waals surface area (Å²) in [5.74, 6) is 3.67. The fourth-order valence-electron chi connectivity index (χ4n) is 4.29. The summed E-state index contributed by atoms with van der Waals surface area (Å²) >= 11 is 0. The third-order valence-electron chi connectivity index (χ3n) is 6.00. The summed E-state index contributed by atoms with van der Waals surface area (Å²) in [5.41, 5.74) is 3.19. The third kappa shape index (κ3) is 3.24. The van der Waals surface area contributed by atoms with Gasteiger partial charge in [-0.1, -0.05) is 0 Å². The number of hydrogen-bond donors (Lipinski definition) is 0. The van der Waals surface area contributed by atoms with E-state index >= 15 is 0 Å². The van der Waals surface area contributed by atoms with Crippen LogP contribution in [0.5, 0.6) is 0 Å². The van der Waals surface area contributed by atoms with Gasteiger partial charge in [-0.2, -0.15) is 19.6 Å². The van der Waals surface area contributed by atoms with Gasteiger partial charge in [0.05, 0.1) is 0 Å². The fourth-order valence-corrected chi connectivity index (χ4v) is 4.29. The molecule has 2 aliphatic rings. The minimum Gasteiger partial charge on any atom is -0.353 e. The monoisotopic (exact) mass is 393 g/mol. The third-order valence-corrected chi connectivity index (χ3v) is 6.00. The number of piperazine rings is 1. The average Bonchev–Trinajstić information content (AvgIpc) is 3.41. The standard InChI is InChI=1S/C20H27N9/c1-14-12-17(25-20(23-14)28-6-4-5-7-28)26-8-10-27(11-9-26)18-15(2)16(3)24-19-21-13-22-29(18)19/h12-13H,4-11H2,1-3H3. The summed E-state index contributed by atoms with van der Waals surface area (Å²) in [5, 5.41) is 4.40. The zero-order chi connectivity index (χ0) is 20.0. The summed E-state index contributed by atoms with van der Waals surface area (Å²) in [7, 11) is 0. The molecule has 0 aliphatic carbocycles. The zero-order valence-electron chi connectivity index (χ0n) is 17.3. The number of nitrogens with zero attached hydrogens (tertiary/aromatic N) is 9. The first-order chi connectivity index (χ1) is 14.1. The van der Waals surface area contributed by atoms with E-state index < -0.39 is 0 Å². The minimum atomic E-state index is 0.659. The van der Waals surface area contributed by atoms with Crippen LogP contribution in [0.2, 0.25) is 0 Å². The van der Waals surface area contributed by atoms with E-state index in [4.69, 9.17) is 4.98 Å². The molecule has 2 fully saturated rings. The molecule has 2 aliphatic heterocycles. The predicted molar refractivity (Wildman–Crippen MR) is 113 cm³/mol. The summed E-state index contributed by atoms with van der Waals surface area (Å²) in [4.78, 5) is 25.4. The Labute approximate surface area is 170 Å². The van der Waals surface area contributed by atoms with Gasteiger partial charge in [0.15, 0.2) is 0 Å². The van der Waals surface area contributed by atoms with E-state index in [2.05, 4.69) is 54.7 Å². The van der Waals surface area contributed by atoms with E-state index in [1.807, 2.05) is 11.4 Å². The quantitative estimate of drug-likeness (QED) is 0.666. The van der Waals surface area contributed by atoms with Gasteiger partial charge < -0.3 is 14.7 Å². The molecule has 0 amide bonds. The van der Waals surface area contributed by atoms with Crippen LogP contribution in [0, 0.1) is 20.8 Å². The normalized spacial score (nSPS) is 17.6. The van der Waals surface area contributed by atoms with Gasteiger partial charge >= 0.3 is 0 Å². The lowest BCUT2D eigenvalue weighted by Crippen LogP contribution is -2.48. The lowest BCUT2D eigenvalue weighted by molar-refractivity contribution is 0.629. The van der Waals surface area contributed by atoms with E-state index in [9.17, 15) is 0 Å². The molecule has 5 heterocycles. The maximum Gasteiger partial charge on any atom is 0.254 e. The van der Waals surface area contributed by atoms with E-state index in [-0.39, 0.29) is 0 Å². The Morgan fingerprint density at radius 2 is 1.52 bits per heavy atom. The maximum absolute atomic E-state index is 4.90. The van der Waals surface area contributed by atoms with Crippen molar-refractivity contribution >= 4 is 23.4 Å². The number of fused-ring (bicyclic) bond motifs is 1. The summed E-state index contributed by atoms with van der Waals surface area (Å²) in [6.07, 6.45) is 4.03. The summed E-state index contributed by atoms with van der Waals surface area (Å²) < 4.78 is 1.86. The van der Waals surface area contributed by atoms with Crippen LogP contribution in [0.4, 0.5) is 17.6 Å². The maximum atomic E-state index is 4.90. The number of hydrogen-bond acceptors (Lipinski definition) is 8. The Hall–Kier alpha value is -2.97. The molecule has 3 aromatic heterocycles. The van der Waals surface area contributed by atoms with Crippen LogP contribution in [0.3, 0.4) is 0 Å². The Morgan fingerprint density at radius 3 is 2.28 bits per heavy atom. The van der Waals surface area contributed by atoms with Gasteiger partial charge in [-0.05, 0) is 33.6 Å². The largest absolute Gasteiger partial charge is 0.353 e. The van der Waals surface area contributed by atoms with Gasteiger partial charge in [0.25, 0.3) is 5.78 Å². The van der Waals surface area contributed by atoms with E-state index in [1.165, 1.54) is 12.8 Å². The van der Waals surface area contributed by atoms with Crippen LogP contribution in [-0.4, -0.2) is 68.8 Å². The van der Waals surface area contributed by atoms with Crippen molar-refractivity contribution in [3.63, 3.8) is 0 Å². The van der Waals surface area contributed by atoms with Gasteiger partial charge in [0, 0.05) is 62.3 Å². The lowest BCUT2D eigenvalue weighted by atomic mass is 10.2. The van der Waals surface area contributed by atoms with Crippen molar-refractivity contribution in [1.29, 1.82) is 0 Å². The molecule has 0 bridgehead atoms. The van der Waals surface area contributed by atoms with E-state index in [1.54, 1.807) is 6.33 Å². The molecular formula is C20H27N9. The topological polar surface area (TPSA) is 78.6 Å². The Balaban J connectivity index is 1.38. The second-order valence-electron chi connectivity index (χ2n) is 7.95. The smallest absolute Gasteiger partial charge is 0.254 e. The Bertz CT molecular complexity index is 1030. The summed E-state index contributed by atoms with van der Waals surface area (Å²) in [6.45, 7) is 12.0. The molecule has 0 radical (unpaired) electrons. The Kier molecular flexibility index (Phi) is 4.44. The predicted octanol–water partition coefficient (Wildman–Crippen LogP) is 1.77. The van der Waals surface area contributed by atoms with Crippen molar-refractivity contribution in [2.24, 2.45) is 0 Å². The first-order valence-electron chi connectivity index (χ1n) is 10.4. The van der Waals surface area contributed by atoms with Crippen molar-refractivity contribution in [3.05, 3.63) is 29.3 Å². The van der Waals surface area contributed by atoms with Crippen molar-refractivity contribution in [3.8, 4) is 0 Å². The van der Waals surface area contributed by atoms with Crippen molar-refractivity contribution in [2.45, 2.75) is 33.6 Å². The molecule has 0 aromatic carbocycles. The fraction of sp³-hybridized carbons (Fsp3) is 0.550. The first-order valence-corrected chi connectivity index (χ1v) is 10.4. The molecule has 29 heavy (non-hydrogen) atoms. The molecule has 152 valence electrons. The second-order valence-corrected chi connectivity index (χ2v) is 7.95. The molecule has 0 N–H and O–H groups in total. The molecule has 0 saturated carbocycles. The highest BCUT2D eigenvalue weighted by Gasteiger charge is 2.24. The molecule has 0 atom stereocenters. The van der Waals surface area contributed by atoms with Crippen molar-refractivity contribution in [2.75, 3.05) is 54.0 Å². The minimum absolute atomic E-state index is 0.659. The number of aromatic nitrogens is 6. The molecule has 9 nitrogen and oxygen atoms in total. The molecule has 5 rings (SSSR count). The molecule has 9 heteroatoms. The van der Waals surface area contributed by atoms with Gasteiger partial charge in [-0.15, -0.1) is 0 Å². The number of rotatable bonds is 3. The highest BCUT2D eigenvalue weighted by atomic mass is 15.4. The van der Waals surface area contributed by atoms with Crippen LogP contribution in [0.15, 0.2) is 12.4 Å². The van der Waals surface area contributed by atoms with Crippen LogP contribution in [0.1, 0.15) is 29.8 Å². The SMILES string of the molecule is Cc1cc(N2CCN(c3c(C)c(C)nc4ncnn34)CC2)nc(N2CCCC2)n1. The molecule has 0 unspecified atom stereocenters. The van der Waals surface area contributed by atoms with E-state index in [0.29, 0.717) is 5.78 Å². The first kappa shape index (κ1) is 18.1. The molecule has 3 aromatic rings. The van der Waals surface area contributed by atoms with Crippen LogP contribution in [0.25, 0.3) is 5.78 Å². The molecule has 0 spiro atoms. The summed E-state index contributed by atoms with van der Waals surface area (Å²) in [6, 6.07) is 2.10. The van der Waals surface area contributed by atoms with Gasteiger partial charge in [0.2, 0.25) is 5.95 Å². The lowest BCUT2D eigenvalue weighted by Gasteiger charge is -2.37. The van der Waals surface area contributed by atoms with Gasteiger partial charge in [0.1, 0.15) is 18.0 Å². The molecule has 2 saturated heterocycles. The van der Waals surface area contributed by atoms with Gasteiger partial charge in [-0.25, -0.2) is 9.97 Å². The van der Waals surface area contributed by atoms with Crippen molar-refractivity contribution < 1.29 is 0 Å². The zero-order valence-corrected chi connectivity index (χ0v) is 17.3. The number of anilines is 3. The molecular weight excluding hydrogens is 366 g/mol. The highest BCUT2D eigenvalue weighted by Crippen LogP contribution is 2.26. The second kappa shape index (κ2) is 7.13. The highest BCUT2D eigenvalue weighted by molar-refractivity contribution is 5.56. The Morgan fingerprint density at radius 1 is 0.793 bits per heavy atom. The van der Waals surface area contributed by atoms with Crippen molar-refractivity contribution in [1.82, 2.24) is 29.5 Å². The van der Waals surface area contributed by atoms with Gasteiger partial charge in [-0.3, -0.25) is 0 Å². The number of aryl methyl sites for hydroxylation is 2. The van der Waals surface area contributed by atoms with Crippen LogP contribution in [-0.2, 0) is 0 Å².